The Morgan fingerprint density at radius 1 is 1.05 bits per heavy atom. The highest BCUT2D eigenvalue weighted by atomic mass is 79.9. The Labute approximate surface area is 130 Å². The zero-order chi connectivity index (χ0) is 13.9. The average Bonchev–Trinajstić information content (AvgIpc) is 2.97. The molecule has 0 N–H and O–H groups in total. The van der Waals surface area contributed by atoms with Gasteiger partial charge in [-0.1, -0.05) is 34.1 Å². The van der Waals surface area contributed by atoms with Crippen molar-refractivity contribution in [2.45, 2.75) is 12.8 Å². The summed E-state index contributed by atoms with van der Waals surface area (Å²) in [5.74, 6) is 0.209. The SMILES string of the molecule is O=C(CCc1ccsc1)c1ccc2cc(Br)ccc2c1. The molecule has 0 spiro atoms. The molecule has 0 aliphatic carbocycles. The normalized spacial score (nSPS) is 10.8. The number of Topliss-reactive ketones (excluding diaryl/α,β-unsaturated/α-hetero) is 1. The summed E-state index contributed by atoms with van der Waals surface area (Å²) in [5, 5.41) is 6.40. The number of carbonyl (C=O) groups is 1. The van der Waals surface area contributed by atoms with E-state index >= 15 is 0 Å². The first-order valence-corrected chi connectivity index (χ1v) is 8.19. The molecule has 3 rings (SSSR count). The summed E-state index contributed by atoms with van der Waals surface area (Å²) in [5.41, 5.74) is 2.04. The summed E-state index contributed by atoms with van der Waals surface area (Å²) in [6.45, 7) is 0. The Hall–Kier alpha value is -1.45. The van der Waals surface area contributed by atoms with Gasteiger partial charge in [0, 0.05) is 16.5 Å². The lowest BCUT2D eigenvalue weighted by Crippen LogP contribution is -2.00. The molecule has 0 bridgehead atoms. The number of carbonyl (C=O) groups excluding carboxylic acids is 1. The third-order valence-corrected chi connectivity index (χ3v) is 4.57. The molecule has 20 heavy (non-hydrogen) atoms. The van der Waals surface area contributed by atoms with Gasteiger partial charge in [-0.05, 0) is 57.8 Å². The van der Waals surface area contributed by atoms with Crippen LogP contribution in [0.5, 0.6) is 0 Å². The van der Waals surface area contributed by atoms with Gasteiger partial charge in [0.1, 0.15) is 0 Å². The Kier molecular flexibility index (Phi) is 3.99. The first kappa shape index (κ1) is 13.5. The molecular weight excluding hydrogens is 332 g/mol. The molecule has 100 valence electrons. The van der Waals surface area contributed by atoms with Crippen molar-refractivity contribution in [3.8, 4) is 0 Å². The molecule has 2 aromatic carbocycles. The fourth-order valence-corrected chi connectivity index (χ4v) is 3.31. The van der Waals surface area contributed by atoms with Crippen LogP contribution in [0.1, 0.15) is 22.3 Å². The second-order valence-electron chi connectivity index (χ2n) is 4.76. The molecule has 1 aromatic heterocycles. The Bertz CT molecular complexity index is 747. The number of halogens is 1. The third-order valence-electron chi connectivity index (χ3n) is 3.35. The highest BCUT2D eigenvalue weighted by Gasteiger charge is 2.07. The number of hydrogen-bond donors (Lipinski definition) is 0. The summed E-state index contributed by atoms with van der Waals surface area (Å²) in [4.78, 5) is 12.2. The van der Waals surface area contributed by atoms with Crippen LogP contribution in [0.4, 0.5) is 0 Å². The van der Waals surface area contributed by atoms with Gasteiger partial charge in [0.25, 0.3) is 0 Å². The number of thiophene rings is 1. The molecule has 0 amide bonds. The molecule has 0 aliphatic heterocycles. The predicted molar refractivity (Wildman–Crippen MR) is 88.6 cm³/mol. The molecule has 0 saturated carbocycles. The van der Waals surface area contributed by atoms with Gasteiger partial charge in [-0.3, -0.25) is 4.79 Å². The lowest BCUT2D eigenvalue weighted by molar-refractivity contribution is 0.0983. The summed E-state index contributed by atoms with van der Waals surface area (Å²) < 4.78 is 1.06. The van der Waals surface area contributed by atoms with E-state index in [9.17, 15) is 4.79 Å². The molecule has 0 saturated heterocycles. The summed E-state index contributed by atoms with van der Waals surface area (Å²) in [7, 11) is 0. The lowest BCUT2D eigenvalue weighted by Gasteiger charge is -2.04. The predicted octanol–water partition coefficient (Wildman–Crippen LogP) is 5.48. The van der Waals surface area contributed by atoms with E-state index in [0.29, 0.717) is 6.42 Å². The van der Waals surface area contributed by atoms with Gasteiger partial charge in [0.15, 0.2) is 5.78 Å². The van der Waals surface area contributed by atoms with Crippen LogP contribution < -0.4 is 0 Å². The summed E-state index contributed by atoms with van der Waals surface area (Å²) >= 11 is 5.14. The first-order chi connectivity index (χ1) is 9.72. The fraction of sp³-hybridized carbons (Fsp3) is 0.118. The van der Waals surface area contributed by atoms with Gasteiger partial charge in [-0.15, -0.1) is 0 Å². The van der Waals surface area contributed by atoms with Crippen LogP contribution in [0.25, 0.3) is 10.8 Å². The molecule has 1 nitrogen and oxygen atoms in total. The average molecular weight is 345 g/mol. The Morgan fingerprint density at radius 2 is 1.85 bits per heavy atom. The maximum absolute atomic E-state index is 12.2. The van der Waals surface area contributed by atoms with Crippen molar-refractivity contribution in [1.29, 1.82) is 0 Å². The topological polar surface area (TPSA) is 17.1 Å². The highest BCUT2D eigenvalue weighted by molar-refractivity contribution is 9.10. The summed E-state index contributed by atoms with van der Waals surface area (Å²) in [6.07, 6.45) is 1.39. The van der Waals surface area contributed by atoms with Crippen molar-refractivity contribution in [3.05, 3.63) is 68.8 Å². The first-order valence-electron chi connectivity index (χ1n) is 6.46. The van der Waals surface area contributed by atoms with Crippen molar-refractivity contribution < 1.29 is 4.79 Å². The van der Waals surface area contributed by atoms with Gasteiger partial charge in [0.2, 0.25) is 0 Å². The number of fused-ring (bicyclic) bond motifs is 1. The quantitative estimate of drug-likeness (QED) is 0.572. The van der Waals surface area contributed by atoms with Crippen molar-refractivity contribution in [1.82, 2.24) is 0 Å². The zero-order valence-electron chi connectivity index (χ0n) is 10.8. The molecule has 3 aromatic rings. The summed E-state index contributed by atoms with van der Waals surface area (Å²) in [6, 6.07) is 14.1. The fourth-order valence-electron chi connectivity index (χ4n) is 2.23. The smallest absolute Gasteiger partial charge is 0.163 e. The van der Waals surface area contributed by atoms with Crippen LogP contribution in [0, 0.1) is 0 Å². The number of aryl methyl sites for hydroxylation is 1. The Balaban J connectivity index is 1.79. The van der Waals surface area contributed by atoms with Crippen molar-refractivity contribution in [2.75, 3.05) is 0 Å². The molecule has 3 heteroatoms. The number of hydrogen-bond acceptors (Lipinski definition) is 2. The second-order valence-corrected chi connectivity index (χ2v) is 6.46. The minimum atomic E-state index is 0.209. The van der Waals surface area contributed by atoms with E-state index in [4.69, 9.17) is 0 Å². The number of rotatable bonds is 4. The highest BCUT2D eigenvalue weighted by Crippen LogP contribution is 2.22. The molecule has 0 unspecified atom stereocenters. The van der Waals surface area contributed by atoms with Gasteiger partial charge in [-0.25, -0.2) is 0 Å². The van der Waals surface area contributed by atoms with Crippen LogP contribution in [0.2, 0.25) is 0 Å². The molecule has 0 fully saturated rings. The largest absolute Gasteiger partial charge is 0.294 e. The maximum atomic E-state index is 12.2. The number of benzene rings is 2. The van der Waals surface area contributed by atoms with E-state index < -0.39 is 0 Å². The van der Waals surface area contributed by atoms with E-state index in [1.807, 2.05) is 35.7 Å². The van der Waals surface area contributed by atoms with Gasteiger partial charge >= 0.3 is 0 Å². The zero-order valence-corrected chi connectivity index (χ0v) is 13.2. The van der Waals surface area contributed by atoms with Crippen molar-refractivity contribution in [2.24, 2.45) is 0 Å². The molecule has 1 heterocycles. The van der Waals surface area contributed by atoms with E-state index in [1.54, 1.807) is 11.3 Å². The van der Waals surface area contributed by atoms with Crippen LogP contribution >= 0.6 is 27.3 Å². The van der Waals surface area contributed by atoms with E-state index in [-0.39, 0.29) is 5.78 Å². The van der Waals surface area contributed by atoms with Crippen LogP contribution in [-0.4, -0.2) is 5.78 Å². The van der Waals surface area contributed by atoms with E-state index in [2.05, 4.69) is 33.4 Å². The van der Waals surface area contributed by atoms with Gasteiger partial charge in [0.05, 0.1) is 0 Å². The van der Waals surface area contributed by atoms with Gasteiger partial charge < -0.3 is 0 Å². The second kappa shape index (κ2) is 5.90. The van der Waals surface area contributed by atoms with Crippen LogP contribution in [0.3, 0.4) is 0 Å². The van der Waals surface area contributed by atoms with Crippen LogP contribution in [0.15, 0.2) is 57.7 Å². The molecule has 0 aliphatic rings. The molecular formula is C17H13BrOS. The minimum Gasteiger partial charge on any atom is -0.294 e. The monoisotopic (exact) mass is 344 g/mol. The van der Waals surface area contributed by atoms with Crippen molar-refractivity contribution >= 4 is 43.8 Å². The molecule has 0 atom stereocenters. The third kappa shape index (κ3) is 3.00. The van der Waals surface area contributed by atoms with Crippen molar-refractivity contribution in [3.63, 3.8) is 0 Å². The van der Waals surface area contributed by atoms with Crippen LogP contribution in [-0.2, 0) is 6.42 Å². The van der Waals surface area contributed by atoms with Gasteiger partial charge in [-0.2, -0.15) is 11.3 Å². The minimum absolute atomic E-state index is 0.209. The Morgan fingerprint density at radius 3 is 2.65 bits per heavy atom. The van der Waals surface area contributed by atoms with E-state index in [0.717, 1.165) is 27.2 Å². The van der Waals surface area contributed by atoms with E-state index in [1.165, 1.54) is 5.56 Å². The number of ketones is 1. The maximum Gasteiger partial charge on any atom is 0.163 e. The standard InChI is InChI=1S/C17H13BrOS/c18-16-5-4-13-9-15(3-2-14(13)10-16)17(19)6-1-12-7-8-20-11-12/h2-5,7-11H,1,6H2. The lowest BCUT2D eigenvalue weighted by atomic mass is 10.0. The molecule has 0 radical (unpaired) electrons.